The van der Waals surface area contributed by atoms with Crippen LogP contribution in [-0.4, -0.2) is 15.9 Å². The summed E-state index contributed by atoms with van der Waals surface area (Å²) >= 11 is 1.24. The van der Waals surface area contributed by atoms with Crippen LogP contribution < -0.4 is 0 Å². The summed E-state index contributed by atoms with van der Waals surface area (Å²) in [7, 11) is 0. The maximum absolute atomic E-state index is 10.6. The van der Waals surface area contributed by atoms with Gasteiger partial charge in [-0.1, -0.05) is 17.8 Å². The molecule has 0 bridgehead atoms. The summed E-state index contributed by atoms with van der Waals surface area (Å²) in [6.07, 6.45) is 5.25. The van der Waals surface area contributed by atoms with Crippen molar-refractivity contribution in [2.45, 2.75) is 6.92 Å². The second-order valence-corrected chi connectivity index (χ2v) is 3.98. The van der Waals surface area contributed by atoms with Gasteiger partial charge in [0.1, 0.15) is 0 Å². The third kappa shape index (κ3) is 4.43. The van der Waals surface area contributed by atoms with Gasteiger partial charge in [0.2, 0.25) is 0 Å². The summed E-state index contributed by atoms with van der Waals surface area (Å²) in [4.78, 5) is 14.7. The first-order chi connectivity index (χ1) is 7.22. The normalized spacial score (nSPS) is 10.1. The molecular weight excluding hydrogens is 208 g/mol. The maximum atomic E-state index is 10.6. The first-order valence-electron chi connectivity index (χ1n) is 4.38. The van der Waals surface area contributed by atoms with Gasteiger partial charge in [0, 0.05) is 18.9 Å². The summed E-state index contributed by atoms with van der Waals surface area (Å²) in [5, 5.41) is 8.75. The van der Waals surface area contributed by atoms with Crippen molar-refractivity contribution in [1.29, 1.82) is 5.26 Å². The molecule has 0 aliphatic heterocycles. The lowest BCUT2D eigenvalue weighted by atomic mass is 10.2. The summed E-state index contributed by atoms with van der Waals surface area (Å²) in [6, 6.07) is 5.40. The van der Waals surface area contributed by atoms with Gasteiger partial charge < -0.3 is 0 Å². The zero-order chi connectivity index (χ0) is 11.1. The number of nitriles is 1. The highest BCUT2D eigenvalue weighted by atomic mass is 32.2. The lowest BCUT2D eigenvalue weighted by Crippen LogP contribution is -1.84. The van der Waals surface area contributed by atoms with Crippen molar-refractivity contribution in [3.05, 3.63) is 35.7 Å². The number of rotatable bonds is 3. The van der Waals surface area contributed by atoms with Crippen molar-refractivity contribution >= 4 is 23.0 Å². The molecule has 0 unspecified atom stereocenters. The molecule has 0 aromatic carbocycles. The van der Waals surface area contributed by atoms with E-state index in [0.29, 0.717) is 11.3 Å². The smallest absolute Gasteiger partial charge is 0.186 e. The SMILES string of the molecule is CC(=O)SCC=Cc1cc(C#N)ccn1. The van der Waals surface area contributed by atoms with Crippen LogP contribution in [0.1, 0.15) is 18.2 Å². The molecule has 1 aromatic heterocycles. The number of nitrogens with zero attached hydrogens (tertiary/aromatic N) is 2. The Hall–Kier alpha value is -1.60. The average molecular weight is 218 g/mol. The predicted molar refractivity (Wildman–Crippen MR) is 61.1 cm³/mol. The van der Waals surface area contributed by atoms with Crippen molar-refractivity contribution < 1.29 is 4.79 Å². The fourth-order valence-corrected chi connectivity index (χ4v) is 1.37. The van der Waals surface area contributed by atoms with Gasteiger partial charge in [0.15, 0.2) is 5.12 Å². The monoisotopic (exact) mass is 218 g/mol. The summed E-state index contributed by atoms with van der Waals surface area (Å²) in [5.74, 6) is 0.633. The number of carbonyl (C=O) groups is 1. The molecule has 0 saturated carbocycles. The van der Waals surface area contributed by atoms with Crippen LogP contribution in [0, 0.1) is 11.3 Å². The summed E-state index contributed by atoms with van der Waals surface area (Å²) in [5.41, 5.74) is 1.32. The summed E-state index contributed by atoms with van der Waals surface area (Å²) < 4.78 is 0. The molecule has 1 rings (SSSR count). The van der Waals surface area contributed by atoms with Gasteiger partial charge in [-0.15, -0.1) is 0 Å². The van der Waals surface area contributed by atoms with E-state index in [1.165, 1.54) is 18.7 Å². The Balaban J connectivity index is 2.57. The number of aromatic nitrogens is 1. The third-order valence-corrected chi connectivity index (χ3v) is 2.35. The van der Waals surface area contributed by atoms with Gasteiger partial charge in [-0.2, -0.15) is 5.26 Å². The molecule has 0 fully saturated rings. The van der Waals surface area contributed by atoms with Crippen molar-refractivity contribution in [3.8, 4) is 6.07 Å². The first-order valence-corrected chi connectivity index (χ1v) is 5.37. The Labute approximate surface area is 92.8 Å². The van der Waals surface area contributed by atoms with E-state index in [2.05, 4.69) is 4.98 Å². The Morgan fingerprint density at radius 1 is 1.73 bits per heavy atom. The Kier molecular flexibility index (Phi) is 4.58. The van der Waals surface area contributed by atoms with E-state index in [1.54, 1.807) is 24.4 Å². The second kappa shape index (κ2) is 5.99. The molecule has 0 aliphatic rings. The minimum absolute atomic E-state index is 0.0957. The van der Waals surface area contributed by atoms with Crippen molar-refractivity contribution in [2.75, 3.05) is 5.75 Å². The molecule has 15 heavy (non-hydrogen) atoms. The molecule has 1 heterocycles. The minimum atomic E-state index is 0.0957. The lowest BCUT2D eigenvalue weighted by Gasteiger charge is -1.92. The van der Waals surface area contributed by atoms with E-state index < -0.39 is 0 Å². The zero-order valence-electron chi connectivity index (χ0n) is 8.30. The average Bonchev–Trinajstić information content (AvgIpc) is 2.24. The zero-order valence-corrected chi connectivity index (χ0v) is 9.12. The molecule has 1 aromatic rings. The molecule has 0 spiro atoms. The standard InChI is InChI=1S/C11H10N2OS/c1-9(14)15-6-2-3-11-7-10(8-12)4-5-13-11/h2-5,7H,6H2,1H3. The Morgan fingerprint density at radius 2 is 2.53 bits per heavy atom. The van der Waals surface area contributed by atoms with E-state index in [-0.39, 0.29) is 5.12 Å². The molecule has 76 valence electrons. The highest BCUT2D eigenvalue weighted by molar-refractivity contribution is 8.13. The maximum Gasteiger partial charge on any atom is 0.186 e. The third-order valence-electron chi connectivity index (χ3n) is 1.58. The molecule has 0 N–H and O–H groups in total. The summed E-state index contributed by atoms with van der Waals surface area (Å²) in [6.45, 7) is 1.53. The van der Waals surface area contributed by atoms with Crippen LogP contribution in [0.4, 0.5) is 0 Å². The number of hydrogen-bond donors (Lipinski definition) is 0. The number of carbonyl (C=O) groups excluding carboxylic acids is 1. The van der Waals surface area contributed by atoms with Gasteiger partial charge >= 0.3 is 0 Å². The Bertz CT molecular complexity index is 421. The quantitative estimate of drug-likeness (QED) is 0.780. The number of pyridine rings is 1. The molecule has 0 aliphatic carbocycles. The molecule has 4 heteroatoms. The van der Waals surface area contributed by atoms with Gasteiger partial charge in [-0.3, -0.25) is 9.78 Å². The van der Waals surface area contributed by atoms with Crippen LogP contribution >= 0.6 is 11.8 Å². The molecule has 3 nitrogen and oxygen atoms in total. The van der Waals surface area contributed by atoms with E-state index in [1.807, 2.05) is 12.1 Å². The van der Waals surface area contributed by atoms with Crippen LogP contribution in [0.2, 0.25) is 0 Å². The van der Waals surface area contributed by atoms with Crippen LogP contribution in [0.5, 0.6) is 0 Å². The van der Waals surface area contributed by atoms with E-state index in [0.717, 1.165) is 5.69 Å². The molecular formula is C11H10N2OS. The fraction of sp³-hybridized carbons (Fsp3) is 0.182. The first kappa shape index (κ1) is 11.5. The largest absolute Gasteiger partial charge is 0.288 e. The predicted octanol–water partition coefficient (Wildman–Crippen LogP) is 2.25. The second-order valence-electron chi connectivity index (χ2n) is 2.79. The molecule has 0 saturated heterocycles. The molecule has 0 amide bonds. The van der Waals surface area contributed by atoms with Crippen LogP contribution in [0.15, 0.2) is 24.4 Å². The van der Waals surface area contributed by atoms with Gasteiger partial charge in [0.25, 0.3) is 0 Å². The fourth-order valence-electron chi connectivity index (χ4n) is 0.943. The van der Waals surface area contributed by atoms with Crippen LogP contribution in [-0.2, 0) is 4.79 Å². The van der Waals surface area contributed by atoms with Gasteiger partial charge in [-0.05, 0) is 18.2 Å². The minimum Gasteiger partial charge on any atom is -0.288 e. The number of thioether (sulfide) groups is 1. The van der Waals surface area contributed by atoms with Crippen molar-refractivity contribution in [3.63, 3.8) is 0 Å². The molecule has 0 atom stereocenters. The van der Waals surface area contributed by atoms with E-state index in [4.69, 9.17) is 5.26 Å². The van der Waals surface area contributed by atoms with Crippen LogP contribution in [0.3, 0.4) is 0 Å². The van der Waals surface area contributed by atoms with Crippen LogP contribution in [0.25, 0.3) is 6.08 Å². The van der Waals surface area contributed by atoms with Gasteiger partial charge in [0.05, 0.1) is 17.3 Å². The topological polar surface area (TPSA) is 53.8 Å². The van der Waals surface area contributed by atoms with Crippen molar-refractivity contribution in [1.82, 2.24) is 4.98 Å². The van der Waals surface area contributed by atoms with Crippen molar-refractivity contribution in [2.24, 2.45) is 0 Å². The highest BCUT2D eigenvalue weighted by Gasteiger charge is 1.93. The lowest BCUT2D eigenvalue weighted by molar-refractivity contribution is -0.109. The number of hydrogen-bond acceptors (Lipinski definition) is 4. The molecule has 0 radical (unpaired) electrons. The van der Waals surface area contributed by atoms with E-state index >= 15 is 0 Å². The van der Waals surface area contributed by atoms with E-state index in [9.17, 15) is 4.79 Å². The van der Waals surface area contributed by atoms with Gasteiger partial charge in [-0.25, -0.2) is 0 Å². The Morgan fingerprint density at radius 3 is 3.20 bits per heavy atom. The highest BCUT2D eigenvalue weighted by Crippen LogP contribution is 2.05.